The van der Waals surface area contributed by atoms with Gasteiger partial charge in [-0.2, -0.15) is 10.1 Å². The van der Waals surface area contributed by atoms with Gasteiger partial charge in [-0.25, -0.2) is 8.42 Å². The van der Waals surface area contributed by atoms with Gasteiger partial charge in [0.25, 0.3) is 10.0 Å². The van der Waals surface area contributed by atoms with Crippen LogP contribution in [0.3, 0.4) is 0 Å². The Balaban J connectivity index is 1.45. The second-order valence-electron chi connectivity index (χ2n) is 7.64. The van der Waals surface area contributed by atoms with E-state index in [4.69, 9.17) is 16.1 Å². The molecular formula is C22H20ClN5O3S. The third kappa shape index (κ3) is 3.47. The molecule has 0 saturated carbocycles. The first-order chi connectivity index (χ1) is 15.3. The maximum atomic E-state index is 13.5. The number of aryl methyl sites for hydroxylation is 1. The fourth-order valence-corrected chi connectivity index (χ4v) is 6.14. The Hall–Kier alpha value is -3.17. The van der Waals surface area contributed by atoms with Gasteiger partial charge in [0.05, 0.1) is 17.1 Å². The highest BCUT2D eigenvalue weighted by Crippen LogP contribution is 2.34. The molecule has 0 radical (unpaired) electrons. The van der Waals surface area contributed by atoms with Crippen molar-refractivity contribution in [1.29, 1.82) is 0 Å². The van der Waals surface area contributed by atoms with Gasteiger partial charge < -0.3 is 4.52 Å². The maximum Gasteiger partial charge on any atom is 0.268 e. The minimum absolute atomic E-state index is 0.159. The van der Waals surface area contributed by atoms with Gasteiger partial charge in [0.1, 0.15) is 11.4 Å². The number of halogens is 1. The SMILES string of the molecule is Cc1nn(Cc2nc(-c3cccc(Cl)c3)no2)c(C)c1S(=O)(=O)N1CCc2ccccc21. The first-order valence-corrected chi connectivity index (χ1v) is 11.9. The number of nitrogens with zero attached hydrogens (tertiary/aromatic N) is 5. The van der Waals surface area contributed by atoms with Gasteiger partial charge in [-0.05, 0) is 44.0 Å². The summed E-state index contributed by atoms with van der Waals surface area (Å²) in [5.41, 5.74) is 3.44. The van der Waals surface area contributed by atoms with Crippen molar-refractivity contribution in [2.45, 2.75) is 31.7 Å². The van der Waals surface area contributed by atoms with E-state index >= 15 is 0 Å². The molecule has 5 rings (SSSR count). The molecule has 0 amide bonds. The Bertz CT molecular complexity index is 1430. The monoisotopic (exact) mass is 469 g/mol. The molecule has 4 aromatic rings. The molecule has 164 valence electrons. The van der Waals surface area contributed by atoms with Crippen LogP contribution in [0.2, 0.25) is 5.02 Å². The number of aromatic nitrogens is 4. The average Bonchev–Trinajstić information content (AvgIpc) is 3.46. The van der Waals surface area contributed by atoms with Crippen LogP contribution in [0.5, 0.6) is 0 Å². The van der Waals surface area contributed by atoms with Crippen molar-refractivity contribution in [3.05, 3.63) is 76.4 Å². The third-order valence-corrected chi connectivity index (χ3v) is 7.85. The van der Waals surface area contributed by atoms with Crippen LogP contribution in [0, 0.1) is 13.8 Å². The van der Waals surface area contributed by atoms with E-state index in [0.717, 1.165) is 16.8 Å². The molecule has 0 unspecified atom stereocenters. The molecule has 0 aliphatic carbocycles. The number of para-hydroxylation sites is 1. The Kier molecular flexibility index (Phi) is 5.02. The minimum atomic E-state index is -3.76. The third-order valence-electron chi connectivity index (χ3n) is 5.54. The van der Waals surface area contributed by atoms with Crippen molar-refractivity contribution in [2.75, 3.05) is 10.8 Å². The van der Waals surface area contributed by atoms with Gasteiger partial charge in [0.2, 0.25) is 11.7 Å². The zero-order valence-corrected chi connectivity index (χ0v) is 19.1. The van der Waals surface area contributed by atoms with Crippen LogP contribution >= 0.6 is 11.6 Å². The van der Waals surface area contributed by atoms with E-state index in [1.165, 1.54) is 4.31 Å². The van der Waals surface area contributed by atoms with Crippen LogP contribution < -0.4 is 4.31 Å². The topological polar surface area (TPSA) is 94.1 Å². The Morgan fingerprint density at radius 1 is 1.12 bits per heavy atom. The molecule has 0 saturated heterocycles. The summed E-state index contributed by atoms with van der Waals surface area (Å²) in [6.45, 7) is 4.01. The highest BCUT2D eigenvalue weighted by Gasteiger charge is 2.35. The lowest BCUT2D eigenvalue weighted by Gasteiger charge is -2.19. The number of hydrogen-bond acceptors (Lipinski definition) is 6. The van der Waals surface area contributed by atoms with Crippen LogP contribution in [0.1, 0.15) is 22.8 Å². The lowest BCUT2D eigenvalue weighted by atomic mass is 10.2. The molecule has 0 spiro atoms. The minimum Gasteiger partial charge on any atom is -0.337 e. The summed E-state index contributed by atoms with van der Waals surface area (Å²) in [7, 11) is -3.76. The van der Waals surface area contributed by atoms with Gasteiger partial charge in [-0.3, -0.25) is 8.99 Å². The molecule has 1 aliphatic rings. The average molecular weight is 470 g/mol. The van der Waals surface area contributed by atoms with Crippen LogP contribution in [0.25, 0.3) is 11.4 Å². The van der Waals surface area contributed by atoms with E-state index in [-0.39, 0.29) is 11.4 Å². The summed E-state index contributed by atoms with van der Waals surface area (Å²) >= 11 is 6.04. The number of benzene rings is 2. The molecule has 0 fully saturated rings. The molecular weight excluding hydrogens is 450 g/mol. The largest absolute Gasteiger partial charge is 0.337 e. The lowest BCUT2D eigenvalue weighted by molar-refractivity contribution is 0.364. The predicted molar refractivity (Wildman–Crippen MR) is 120 cm³/mol. The summed E-state index contributed by atoms with van der Waals surface area (Å²) < 4.78 is 35.5. The summed E-state index contributed by atoms with van der Waals surface area (Å²) in [4.78, 5) is 4.62. The Labute approximate surface area is 190 Å². The van der Waals surface area contributed by atoms with Gasteiger partial charge in [0, 0.05) is 17.1 Å². The van der Waals surface area contributed by atoms with Crippen molar-refractivity contribution in [2.24, 2.45) is 0 Å². The zero-order valence-electron chi connectivity index (χ0n) is 17.5. The van der Waals surface area contributed by atoms with Gasteiger partial charge in [-0.1, -0.05) is 47.1 Å². The predicted octanol–water partition coefficient (Wildman–Crippen LogP) is 4.00. The van der Waals surface area contributed by atoms with E-state index in [0.29, 0.717) is 41.1 Å². The van der Waals surface area contributed by atoms with Crippen LogP contribution in [-0.2, 0) is 23.0 Å². The lowest BCUT2D eigenvalue weighted by Crippen LogP contribution is -2.30. The van der Waals surface area contributed by atoms with Crippen LogP contribution in [0.15, 0.2) is 57.9 Å². The van der Waals surface area contributed by atoms with Gasteiger partial charge in [0.15, 0.2) is 0 Å². The van der Waals surface area contributed by atoms with E-state index in [9.17, 15) is 8.42 Å². The van der Waals surface area contributed by atoms with Gasteiger partial charge in [-0.15, -0.1) is 0 Å². The molecule has 3 heterocycles. The fourth-order valence-electron chi connectivity index (χ4n) is 4.07. The molecule has 10 heteroatoms. The van der Waals surface area contributed by atoms with E-state index < -0.39 is 10.0 Å². The molecule has 0 N–H and O–H groups in total. The second-order valence-corrected chi connectivity index (χ2v) is 9.87. The Morgan fingerprint density at radius 2 is 1.94 bits per heavy atom. The number of anilines is 1. The molecule has 2 aromatic heterocycles. The molecule has 2 aromatic carbocycles. The molecule has 0 bridgehead atoms. The van der Waals surface area contributed by atoms with Crippen molar-refractivity contribution < 1.29 is 12.9 Å². The van der Waals surface area contributed by atoms with Crippen LogP contribution in [0.4, 0.5) is 5.69 Å². The van der Waals surface area contributed by atoms with E-state index in [1.54, 1.807) is 30.7 Å². The van der Waals surface area contributed by atoms with Crippen molar-refractivity contribution in [3.63, 3.8) is 0 Å². The first kappa shape index (κ1) is 20.7. The molecule has 8 nitrogen and oxygen atoms in total. The zero-order chi connectivity index (χ0) is 22.5. The van der Waals surface area contributed by atoms with Gasteiger partial charge >= 0.3 is 0 Å². The molecule has 0 atom stereocenters. The first-order valence-electron chi connectivity index (χ1n) is 10.1. The number of sulfonamides is 1. The van der Waals surface area contributed by atoms with Crippen molar-refractivity contribution in [1.82, 2.24) is 19.9 Å². The van der Waals surface area contributed by atoms with Crippen molar-refractivity contribution >= 4 is 27.3 Å². The highest BCUT2D eigenvalue weighted by atomic mass is 35.5. The number of fused-ring (bicyclic) bond motifs is 1. The molecule has 32 heavy (non-hydrogen) atoms. The smallest absolute Gasteiger partial charge is 0.268 e. The number of hydrogen-bond donors (Lipinski definition) is 0. The second kappa shape index (κ2) is 7.75. The summed E-state index contributed by atoms with van der Waals surface area (Å²) in [5, 5.41) is 9.04. The van der Waals surface area contributed by atoms with E-state index in [1.807, 2.05) is 36.4 Å². The van der Waals surface area contributed by atoms with Crippen LogP contribution in [-0.4, -0.2) is 34.9 Å². The summed E-state index contributed by atoms with van der Waals surface area (Å²) in [6, 6.07) is 14.7. The number of rotatable bonds is 5. The Morgan fingerprint density at radius 3 is 2.75 bits per heavy atom. The summed E-state index contributed by atoms with van der Waals surface area (Å²) in [6.07, 6.45) is 0.690. The normalized spacial score (nSPS) is 13.5. The maximum absolute atomic E-state index is 13.5. The molecule has 1 aliphatic heterocycles. The highest BCUT2D eigenvalue weighted by molar-refractivity contribution is 7.93. The fraction of sp³-hybridized carbons (Fsp3) is 0.227. The van der Waals surface area contributed by atoms with Crippen molar-refractivity contribution in [3.8, 4) is 11.4 Å². The standard InChI is InChI=1S/C22H20ClN5O3S/c1-14-21(32(29,30)28-11-10-16-6-3-4-9-19(16)28)15(2)27(25-14)13-20-24-22(26-31-20)17-7-5-8-18(23)12-17/h3-9,12H,10-11,13H2,1-2H3. The van der Waals surface area contributed by atoms with E-state index in [2.05, 4.69) is 15.2 Å². The summed E-state index contributed by atoms with van der Waals surface area (Å²) in [5.74, 6) is 0.728. The quantitative estimate of drug-likeness (QED) is 0.438.